The molecule has 1 heterocycles. The molecule has 1 aliphatic rings. The van der Waals surface area contributed by atoms with Gasteiger partial charge in [-0.15, -0.1) is 0 Å². The predicted octanol–water partition coefficient (Wildman–Crippen LogP) is 1.23. The minimum atomic E-state index is -3.70. The molecular formula is C13H17NO4S. The second-order valence-corrected chi connectivity index (χ2v) is 6.38. The Balaban J connectivity index is 1.94. The van der Waals surface area contributed by atoms with Gasteiger partial charge >= 0.3 is 0 Å². The van der Waals surface area contributed by atoms with E-state index >= 15 is 0 Å². The first-order valence-electron chi connectivity index (χ1n) is 6.20. The third-order valence-corrected chi connectivity index (χ3v) is 4.43. The second-order valence-electron chi connectivity index (χ2n) is 4.76. The van der Waals surface area contributed by atoms with Crippen molar-refractivity contribution in [2.75, 3.05) is 13.2 Å². The molecule has 1 saturated heterocycles. The molecule has 2 rings (SSSR count). The van der Waals surface area contributed by atoms with E-state index in [0.29, 0.717) is 19.4 Å². The molecule has 0 bridgehead atoms. The predicted molar refractivity (Wildman–Crippen MR) is 70.1 cm³/mol. The molecule has 1 N–H and O–H groups in total. The highest BCUT2D eigenvalue weighted by molar-refractivity contribution is 7.86. The molecule has 1 atom stereocenters. The Morgan fingerprint density at radius 1 is 1.32 bits per heavy atom. The minimum absolute atomic E-state index is 0.0117. The lowest BCUT2D eigenvalue weighted by Gasteiger charge is -2.21. The van der Waals surface area contributed by atoms with Crippen LogP contribution in [0.25, 0.3) is 0 Å². The molecule has 1 amide bonds. The van der Waals surface area contributed by atoms with Gasteiger partial charge in [-0.2, -0.15) is 8.42 Å². The molecule has 1 fully saturated rings. The van der Waals surface area contributed by atoms with Crippen LogP contribution in [0, 0.1) is 12.8 Å². The summed E-state index contributed by atoms with van der Waals surface area (Å²) in [4.78, 5) is 11.2. The Morgan fingerprint density at radius 2 is 2.00 bits per heavy atom. The van der Waals surface area contributed by atoms with E-state index in [4.69, 9.17) is 4.18 Å². The number of benzene rings is 1. The van der Waals surface area contributed by atoms with Gasteiger partial charge in [-0.05, 0) is 25.5 Å². The number of carbonyl (C=O) groups is 1. The lowest BCUT2D eigenvalue weighted by atomic mass is 10.0. The topological polar surface area (TPSA) is 72.5 Å². The van der Waals surface area contributed by atoms with E-state index in [2.05, 4.69) is 5.32 Å². The van der Waals surface area contributed by atoms with Crippen LogP contribution in [0.5, 0.6) is 0 Å². The number of hydrogen-bond acceptors (Lipinski definition) is 4. The maximum atomic E-state index is 11.9. The van der Waals surface area contributed by atoms with Crippen molar-refractivity contribution in [2.45, 2.75) is 24.7 Å². The maximum Gasteiger partial charge on any atom is 0.296 e. The van der Waals surface area contributed by atoms with Crippen molar-refractivity contribution in [3.63, 3.8) is 0 Å². The lowest BCUT2D eigenvalue weighted by molar-refractivity contribution is -0.123. The SMILES string of the molecule is Cc1ccc(S(=O)(=O)OCC2CCC(=O)NC2)cc1. The first kappa shape index (κ1) is 14.0. The van der Waals surface area contributed by atoms with Crippen molar-refractivity contribution in [3.05, 3.63) is 29.8 Å². The normalized spacial score (nSPS) is 20.1. The summed E-state index contributed by atoms with van der Waals surface area (Å²) >= 11 is 0. The monoisotopic (exact) mass is 283 g/mol. The smallest absolute Gasteiger partial charge is 0.296 e. The third kappa shape index (κ3) is 3.78. The molecular weight excluding hydrogens is 266 g/mol. The van der Waals surface area contributed by atoms with Gasteiger partial charge in [-0.25, -0.2) is 0 Å². The number of aryl methyl sites for hydroxylation is 1. The first-order chi connectivity index (χ1) is 8.97. The molecule has 104 valence electrons. The van der Waals surface area contributed by atoms with Gasteiger partial charge in [0.15, 0.2) is 0 Å². The summed E-state index contributed by atoms with van der Waals surface area (Å²) in [6, 6.07) is 6.54. The van der Waals surface area contributed by atoms with Gasteiger partial charge in [0, 0.05) is 18.9 Å². The van der Waals surface area contributed by atoms with Gasteiger partial charge in [0.1, 0.15) is 0 Å². The summed E-state index contributed by atoms with van der Waals surface area (Å²) in [7, 11) is -3.70. The first-order valence-corrected chi connectivity index (χ1v) is 7.61. The highest BCUT2D eigenvalue weighted by Gasteiger charge is 2.22. The zero-order valence-corrected chi connectivity index (χ0v) is 11.6. The molecule has 6 heteroatoms. The van der Waals surface area contributed by atoms with Crippen molar-refractivity contribution >= 4 is 16.0 Å². The molecule has 1 aromatic rings. The van der Waals surface area contributed by atoms with Gasteiger partial charge in [-0.3, -0.25) is 8.98 Å². The summed E-state index contributed by atoms with van der Waals surface area (Å²) < 4.78 is 28.9. The quantitative estimate of drug-likeness (QED) is 0.843. The van der Waals surface area contributed by atoms with E-state index in [0.717, 1.165) is 5.56 Å². The van der Waals surface area contributed by atoms with Crippen molar-refractivity contribution in [2.24, 2.45) is 5.92 Å². The average Bonchev–Trinajstić information content (AvgIpc) is 2.39. The van der Waals surface area contributed by atoms with Gasteiger partial charge in [-0.1, -0.05) is 17.7 Å². The van der Waals surface area contributed by atoms with Crippen LogP contribution in [0.3, 0.4) is 0 Å². The van der Waals surface area contributed by atoms with Crippen LogP contribution in [0.2, 0.25) is 0 Å². The van der Waals surface area contributed by atoms with Crippen molar-refractivity contribution < 1.29 is 17.4 Å². The van der Waals surface area contributed by atoms with Gasteiger partial charge in [0.05, 0.1) is 11.5 Å². The van der Waals surface area contributed by atoms with E-state index in [1.54, 1.807) is 12.1 Å². The Labute approximate surface area is 113 Å². The maximum absolute atomic E-state index is 11.9. The van der Waals surface area contributed by atoms with Crippen LogP contribution >= 0.6 is 0 Å². The average molecular weight is 283 g/mol. The molecule has 0 saturated carbocycles. The molecule has 0 radical (unpaired) electrons. The largest absolute Gasteiger partial charge is 0.356 e. The van der Waals surface area contributed by atoms with E-state index in [-0.39, 0.29) is 23.3 Å². The summed E-state index contributed by atoms with van der Waals surface area (Å²) in [6.07, 6.45) is 1.09. The summed E-state index contributed by atoms with van der Waals surface area (Å²) in [5.41, 5.74) is 0.994. The van der Waals surface area contributed by atoms with E-state index in [1.165, 1.54) is 12.1 Å². The fourth-order valence-electron chi connectivity index (χ4n) is 1.88. The molecule has 0 spiro atoms. The highest BCUT2D eigenvalue weighted by Crippen LogP contribution is 2.17. The van der Waals surface area contributed by atoms with Gasteiger partial charge in [0.25, 0.3) is 10.1 Å². The Bertz CT molecular complexity index is 541. The fourth-order valence-corrected chi connectivity index (χ4v) is 2.86. The van der Waals surface area contributed by atoms with Crippen LogP contribution in [-0.4, -0.2) is 27.5 Å². The lowest BCUT2D eigenvalue weighted by Crippen LogP contribution is -2.37. The highest BCUT2D eigenvalue weighted by atomic mass is 32.2. The minimum Gasteiger partial charge on any atom is -0.356 e. The molecule has 19 heavy (non-hydrogen) atoms. The number of amides is 1. The van der Waals surface area contributed by atoms with E-state index in [9.17, 15) is 13.2 Å². The standard InChI is InChI=1S/C13H17NO4S/c1-10-2-5-12(6-3-10)19(16,17)18-9-11-4-7-13(15)14-8-11/h2-3,5-6,11H,4,7-9H2,1H3,(H,14,15). The molecule has 1 aromatic carbocycles. The molecule has 1 aliphatic heterocycles. The summed E-state index contributed by atoms with van der Waals surface area (Å²) in [5, 5.41) is 2.70. The Morgan fingerprint density at radius 3 is 2.58 bits per heavy atom. The molecule has 0 aromatic heterocycles. The number of nitrogens with one attached hydrogen (secondary N) is 1. The number of hydrogen-bond donors (Lipinski definition) is 1. The third-order valence-electron chi connectivity index (χ3n) is 3.14. The van der Waals surface area contributed by atoms with Crippen LogP contribution in [0.1, 0.15) is 18.4 Å². The van der Waals surface area contributed by atoms with Crippen LogP contribution in [0.4, 0.5) is 0 Å². The molecule has 5 nitrogen and oxygen atoms in total. The molecule has 0 aliphatic carbocycles. The van der Waals surface area contributed by atoms with E-state index < -0.39 is 10.1 Å². The van der Waals surface area contributed by atoms with Crippen LogP contribution in [0.15, 0.2) is 29.2 Å². The van der Waals surface area contributed by atoms with Crippen LogP contribution < -0.4 is 5.32 Å². The van der Waals surface area contributed by atoms with E-state index in [1.807, 2.05) is 6.92 Å². The Hall–Kier alpha value is -1.40. The summed E-state index contributed by atoms with van der Waals surface area (Å²) in [6.45, 7) is 2.47. The van der Waals surface area contributed by atoms with Crippen molar-refractivity contribution in [1.82, 2.24) is 5.32 Å². The number of piperidine rings is 1. The Kier molecular flexibility index (Phi) is 4.21. The second kappa shape index (κ2) is 5.71. The van der Waals surface area contributed by atoms with Gasteiger partial charge in [0.2, 0.25) is 5.91 Å². The van der Waals surface area contributed by atoms with Crippen molar-refractivity contribution in [3.8, 4) is 0 Å². The molecule has 1 unspecified atom stereocenters. The number of rotatable bonds is 4. The van der Waals surface area contributed by atoms with Crippen LogP contribution in [-0.2, 0) is 19.1 Å². The zero-order valence-electron chi connectivity index (χ0n) is 10.8. The fraction of sp³-hybridized carbons (Fsp3) is 0.462. The number of carbonyl (C=O) groups excluding carboxylic acids is 1. The van der Waals surface area contributed by atoms with Crippen molar-refractivity contribution in [1.29, 1.82) is 0 Å². The summed E-state index contributed by atoms with van der Waals surface area (Å²) in [5.74, 6) is 0.0653. The van der Waals surface area contributed by atoms with Gasteiger partial charge < -0.3 is 5.32 Å². The zero-order chi connectivity index (χ0) is 13.9.